The molecule has 1 heterocycles. The van der Waals surface area contributed by atoms with Crippen LogP contribution in [0, 0.1) is 0 Å². The third-order valence-corrected chi connectivity index (χ3v) is 6.42. The third kappa shape index (κ3) is 4.91. The van der Waals surface area contributed by atoms with Crippen LogP contribution < -0.4 is 15.0 Å². The van der Waals surface area contributed by atoms with Crippen molar-refractivity contribution in [2.75, 3.05) is 23.9 Å². The van der Waals surface area contributed by atoms with Crippen molar-refractivity contribution in [1.29, 1.82) is 0 Å². The van der Waals surface area contributed by atoms with E-state index in [-0.39, 0.29) is 11.8 Å². The molecule has 0 spiro atoms. The monoisotopic (exact) mass is 432 g/mol. The predicted molar refractivity (Wildman–Crippen MR) is 125 cm³/mol. The Labute approximate surface area is 186 Å². The second kappa shape index (κ2) is 9.71. The number of amides is 2. The van der Waals surface area contributed by atoms with Crippen molar-refractivity contribution >= 4 is 35.0 Å². The molecule has 1 saturated heterocycles. The fraction of sp³-hybridized carbons (Fsp3) is 0.200. The maximum atomic E-state index is 13.3. The van der Waals surface area contributed by atoms with E-state index in [1.165, 1.54) is 11.8 Å². The van der Waals surface area contributed by atoms with Gasteiger partial charge in [-0.2, -0.15) is 0 Å². The smallest absolute Gasteiger partial charge is 0.242 e. The van der Waals surface area contributed by atoms with Gasteiger partial charge in [0.1, 0.15) is 11.0 Å². The van der Waals surface area contributed by atoms with E-state index in [1.807, 2.05) is 72.8 Å². The predicted octanol–water partition coefficient (Wildman–Crippen LogP) is 5.29. The second-order valence-corrected chi connectivity index (χ2v) is 8.42. The van der Waals surface area contributed by atoms with Gasteiger partial charge in [-0.25, -0.2) is 0 Å². The highest BCUT2D eigenvalue weighted by Gasteiger charge is 2.26. The summed E-state index contributed by atoms with van der Waals surface area (Å²) < 4.78 is 5.52. The van der Waals surface area contributed by atoms with Crippen LogP contribution >= 0.6 is 11.8 Å². The van der Waals surface area contributed by atoms with Gasteiger partial charge < -0.3 is 15.0 Å². The molecule has 1 aliphatic rings. The van der Waals surface area contributed by atoms with Crippen LogP contribution in [-0.4, -0.2) is 25.5 Å². The zero-order valence-corrected chi connectivity index (χ0v) is 18.1. The number of hydrogen-bond donors (Lipinski definition) is 1. The number of methoxy groups -OCH3 is 1. The molecule has 1 aliphatic heterocycles. The maximum Gasteiger partial charge on any atom is 0.242 e. The van der Waals surface area contributed by atoms with Crippen LogP contribution in [0.1, 0.15) is 23.7 Å². The Morgan fingerprint density at radius 2 is 1.74 bits per heavy atom. The molecule has 4 rings (SSSR count). The van der Waals surface area contributed by atoms with Crippen LogP contribution in [0.3, 0.4) is 0 Å². The first-order valence-corrected chi connectivity index (χ1v) is 11.1. The molecule has 2 amide bonds. The Morgan fingerprint density at radius 1 is 1.03 bits per heavy atom. The van der Waals surface area contributed by atoms with E-state index in [0.717, 1.165) is 22.6 Å². The van der Waals surface area contributed by atoms with Gasteiger partial charge in [-0.3, -0.25) is 9.59 Å². The number of nitrogens with zero attached hydrogens (tertiary/aromatic N) is 1. The van der Waals surface area contributed by atoms with E-state index in [0.29, 0.717) is 24.4 Å². The van der Waals surface area contributed by atoms with Crippen LogP contribution in [0.5, 0.6) is 5.75 Å². The molecule has 31 heavy (non-hydrogen) atoms. The van der Waals surface area contributed by atoms with Crippen molar-refractivity contribution in [3.8, 4) is 5.75 Å². The van der Waals surface area contributed by atoms with Gasteiger partial charge in [0.15, 0.2) is 0 Å². The Kier molecular flexibility index (Phi) is 6.57. The van der Waals surface area contributed by atoms with Gasteiger partial charge in [0.05, 0.1) is 12.8 Å². The van der Waals surface area contributed by atoms with Gasteiger partial charge in [-0.15, -0.1) is 11.8 Å². The number of carbonyl (C=O) groups excluding carboxylic acids is 2. The first-order chi connectivity index (χ1) is 15.2. The van der Waals surface area contributed by atoms with E-state index >= 15 is 0 Å². The Bertz CT molecular complexity index is 1060. The van der Waals surface area contributed by atoms with E-state index in [4.69, 9.17) is 4.74 Å². The van der Waals surface area contributed by atoms with Crippen LogP contribution in [0.15, 0.2) is 83.8 Å². The van der Waals surface area contributed by atoms with E-state index < -0.39 is 5.25 Å². The van der Waals surface area contributed by atoms with Gasteiger partial charge in [0.2, 0.25) is 11.8 Å². The lowest BCUT2D eigenvalue weighted by Gasteiger charge is -2.21. The standard InChI is InChI=1S/C25H24N2O3S/c1-30-22-17-19(14-15-21(22)27-16-8-13-23(27)28)26-25(29)24(18-9-4-2-5-10-18)31-20-11-6-3-7-12-20/h2-7,9-12,14-15,17,24H,8,13,16H2,1H3,(H,26,29)/t24-/m0/s1. The summed E-state index contributed by atoms with van der Waals surface area (Å²) in [6.45, 7) is 0.685. The zero-order chi connectivity index (χ0) is 21.6. The molecule has 1 N–H and O–H groups in total. The van der Waals surface area contributed by atoms with Crippen molar-refractivity contribution in [3.63, 3.8) is 0 Å². The van der Waals surface area contributed by atoms with Gasteiger partial charge in [0, 0.05) is 29.6 Å². The number of ether oxygens (including phenoxy) is 1. The molecular weight excluding hydrogens is 408 g/mol. The number of benzene rings is 3. The quantitative estimate of drug-likeness (QED) is 0.515. The Morgan fingerprint density at radius 3 is 2.39 bits per heavy atom. The number of carbonyl (C=O) groups is 2. The highest BCUT2D eigenvalue weighted by atomic mass is 32.2. The summed E-state index contributed by atoms with van der Waals surface area (Å²) in [5.74, 6) is 0.547. The molecule has 158 valence electrons. The first-order valence-electron chi connectivity index (χ1n) is 10.2. The fourth-order valence-corrected chi connectivity index (χ4v) is 4.67. The average molecular weight is 433 g/mol. The highest BCUT2D eigenvalue weighted by molar-refractivity contribution is 8.00. The maximum absolute atomic E-state index is 13.3. The van der Waals surface area contributed by atoms with Gasteiger partial charge in [-0.05, 0) is 36.2 Å². The van der Waals surface area contributed by atoms with E-state index in [2.05, 4.69) is 5.32 Å². The fourth-order valence-electron chi connectivity index (χ4n) is 3.62. The van der Waals surface area contributed by atoms with Crippen molar-refractivity contribution in [2.24, 2.45) is 0 Å². The first kappa shape index (κ1) is 21.0. The summed E-state index contributed by atoms with van der Waals surface area (Å²) in [4.78, 5) is 28.2. The lowest BCUT2D eigenvalue weighted by Crippen LogP contribution is -2.24. The number of rotatable bonds is 7. The summed E-state index contributed by atoms with van der Waals surface area (Å²) in [5.41, 5.74) is 2.30. The minimum Gasteiger partial charge on any atom is -0.494 e. The van der Waals surface area contributed by atoms with Crippen LogP contribution in [0.4, 0.5) is 11.4 Å². The summed E-state index contributed by atoms with van der Waals surface area (Å²) in [6, 6.07) is 25.0. The summed E-state index contributed by atoms with van der Waals surface area (Å²) >= 11 is 1.51. The van der Waals surface area contributed by atoms with Gasteiger partial charge in [0.25, 0.3) is 0 Å². The second-order valence-electron chi connectivity index (χ2n) is 7.25. The van der Waals surface area contributed by atoms with Crippen molar-refractivity contribution < 1.29 is 14.3 Å². The molecule has 0 unspecified atom stereocenters. The number of hydrogen-bond acceptors (Lipinski definition) is 4. The van der Waals surface area contributed by atoms with E-state index in [9.17, 15) is 9.59 Å². The van der Waals surface area contributed by atoms with Crippen LogP contribution in [0.25, 0.3) is 0 Å². The normalized spacial score (nSPS) is 14.4. The zero-order valence-electron chi connectivity index (χ0n) is 17.3. The minimum absolute atomic E-state index is 0.0958. The van der Waals surface area contributed by atoms with Crippen molar-refractivity contribution in [2.45, 2.75) is 23.0 Å². The molecule has 3 aromatic rings. The Balaban J connectivity index is 1.57. The minimum atomic E-state index is -0.408. The third-order valence-electron chi connectivity index (χ3n) is 5.15. The average Bonchev–Trinajstić information content (AvgIpc) is 3.24. The molecule has 0 aliphatic carbocycles. The molecule has 5 nitrogen and oxygen atoms in total. The molecule has 0 bridgehead atoms. The molecule has 0 aromatic heterocycles. The van der Waals surface area contributed by atoms with Crippen molar-refractivity contribution in [1.82, 2.24) is 0 Å². The number of anilines is 2. The largest absolute Gasteiger partial charge is 0.494 e. The van der Waals surface area contributed by atoms with Crippen LogP contribution in [-0.2, 0) is 9.59 Å². The summed E-state index contributed by atoms with van der Waals surface area (Å²) in [5, 5.41) is 2.61. The summed E-state index contributed by atoms with van der Waals surface area (Å²) in [6.07, 6.45) is 1.40. The van der Waals surface area contributed by atoms with Crippen LogP contribution in [0.2, 0.25) is 0 Å². The number of thioether (sulfide) groups is 1. The molecule has 3 aromatic carbocycles. The SMILES string of the molecule is COc1cc(NC(=O)[C@@H](Sc2ccccc2)c2ccccc2)ccc1N1CCCC1=O. The molecule has 1 atom stereocenters. The van der Waals surface area contributed by atoms with E-state index in [1.54, 1.807) is 18.1 Å². The molecule has 0 radical (unpaired) electrons. The van der Waals surface area contributed by atoms with Crippen molar-refractivity contribution in [3.05, 3.63) is 84.4 Å². The Hall–Kier alpha value is -3.25. The highest BCUT2D eigenvalue weighted by Crippen LogP contribution is 2.38. The number of nitrogens with one attached hydrogen (secondary N) is 1. The van der Waals surface area contributed by atoms with Gasteiger partial charge >= 0.3 is 0 Å². The van der Waals surface area contributed by atoms with Gasteiger partial charge in [-0.1, -0.05) is 48.5 Å². The molecule has 6 heteroatoms. The molecule has 1 fully saturated rings. The lowest BCUT2D eigenvalue weighted by molar-refractivity contribution is -0.117. The lowest BCUT2D eigenvalue weighted by atomic mass is 10.1. The molecule has 0 saturated carbocycles. The topological polar surface area (TPSA) is 58.6 Å². The molecular formula is C25H24N2O3S. The summed E-state index contributed by atoms with van der Waals surface area (Å²) in [7, 11) is 1.57.